The van der Waals surface area contributed by atoms with Gasteiger partial charge in [0.1, 0.15) is 0 Å². The Morgan fingerprint density at radius 3 is 0.727 bits per heavy atom. The predicted molar refractivity (Wildman–Crippen MR) is 331 cm³/mol. The Bertz CT molecular complexity index is 3150. The standard InChI is InChI=1S/C31H32.2C23H24/c1-22(26-14-8-5-9-15-26)29-20-30(23(2)27-16-10-6-11-17-27)25(4)31(21-29)24(3)28-18-12-7-13-19-28;1-17(20-11-6-4-7-12-20)22-15-10-16-23(19(22)3)18(2)21-13-8-5-9-14-21;1-17-14-15-22(18(2)20-10-6-4-7-11-20)16-23(17)19(3)21-12-8-5-9-13-21/h5-24H,1-4H3;4-18H,1-3H3;4-16,18-19H,1-3H3. The lowest BCUT2D eigenvalue weighted by Crippen LogP contribution is -2.08. The monoisotopic (exact) mass is 1000 g/mol. The second-order valence-corrected chi connectivity index (χ2v) is 21.4. The van der Waals surface area contributed by atoms with Gasteiger partial charge in [-0.05, 0) is 115 Å². The van der Waals surface area contributed by atoms with E-state index >= 15 is 0 Å². The summed E-state index contributed by atoms with van der Waals surface area (Å²) in [6.07, 6.45) is 0. The van der Waals surface area contributed by atoms with Gasteiger partial charge in [0.2, 0.25) is 0 Å². The highest BCUT2D eigenvalue weighted by molar-refractivity contribution is 5.51. The summed E-state index contributed by atoms with van der Waals surface area (Å²) in [4.78, 5) is 0. The summed E-state index contributed by atoms with van der Waals surface area (Å²) in [5.74, 6) is 2.72. The maximum Gasteiger partial charge on any atom is 0.00638 e. The molecule has 0 saturated heterocycles. The smallest absolute Gasteiger partial charge is 0.00638 e. The van der Waals surface area contributed by atoms with Crippen LogP contribution in [0.4, 0.5) is 0 Å². The van der Waals surface area contributed by atoms with Gasteiger partial charge in [0, 0.05) is 41.4 Å². The molecule has 0 N–H and O–H groups in total. The zero-order valence-electron chi connectivity index (χ0n) is 47.4. The molecule has 10 aromatic carbocycles. The maximum absolute atomic E-state index is 2.45. The lowest BCUT2D eigenvalue weighted by atomic mass is 9.79. The van der Waals surface area contributed by atoms with Crippen molar-refractivity contribution >= 4 is 0 Å². The van der Waals surface area contributed by atoms with Gasteiger partial charge in [-0.25, -0.2) is 0 Å². The topological polar surface area (TPSA) is 0 Å². The van der Waals surface area contributed by atoms with Crippen LogP contribution in [0.5, 0.6) is 0 Å². The number of benzene rings is 10. The molecule has 0 heteroatoms. The van der Waals surface area contributed by atoms with Crippen LogP contribution >= 0.6 is 0 Å². The molecule has 0 aromatic heterocycles. The van der Waals surface area contributed by atoms with Crippen molar-refractivity contribution in [3.63, 3.8) is 0 Å². The molecule has 0 saturated carbocycles. The molecule has 0 heterocycles. The van der Waals surface area contributed by atoms with E-state index in [4.69, 9.17) is 0 Å². The van der Waals surface area contributed by atoms with Crippen molar-refractivity contribution in [2.75, 3.05) is 0 Å². The fourth-order valence-corrected chi connectivity index (χ4v) is 11.4. The Balaban J connectivity index is 0.000000155. The van der Waals surface area contributed by atoms with Gasteiger partial charge in [0.25, 0.3) is 0 Å². The molecule has 388 valence electrons. The van der Waals surface area contributed by atoms with Crippen LogP contribution in [0.1, 0.15) is 184 Å². The van der Waals surface area contributed by atoms with E-state index in [2.05, 4.69) is 330 Å². The normalized spacial score (nSPS) is 13.7. The minimum atomic E-state index is 0.352. The second kappa shape index (κ2) is 26.8. The highest BCUT2D eigenvalue weighted by atomic mass is 14.3. The van der Waals surface area contributed by atoms with E-state index in [1.807, 2.05) is 0 Å². The van der Waals surface area contributed by atoms with Crippen molar-refractivity contribution in [2.24, 2.45) is 0 Å². The van der Waals surface area contributed by atoms with Crippen LogP contribution in [0.25, 0.3) is 0 Å². The first-order valence-corrected chi connectivity index (χ1v) is 28.1. The zero-order chi connectivity index (χ0) is 54.3. The molecule has 7 unspecified atom stereocenters. The first-order chi connectivity index (χ1) is 37.4. The number of rotatable bonds is 14. The van der Waals surface area contributed by atoms with E-state index in [1.165, 1.54) is 94.6 Å². The summed E-state index contributed by atoms with van der Waals surface area (Å²) in [5.41, 5.74) is 23.7. The van der Waals surface area contributed by atoms with Gasteiger partial charge in [-0.3, -0.25) is 0 Å². The van der Waals surface area contributed by atoms with E-state index in [9.17, 15) is 0 Å². The van der Waals surface area contributed by atoms with Crippen molar-refractivity contribution < 1.29 is 0 Å². The van der Waals surface area contributed by atoms with Crippen molar-refractivity contribution in [1.29, 1.82) is 0 Å². The molecule has 0 radical (unpaired) electrons. The molecule has 0 aliphatic rings. The minimum Gasteiger partial charge on any atom is -0.0622 e. The molecule has 0 aliphatic heterocycles. The number of hydrogen-bond donors (Lipinski definition) is 0. The zero-order valence-corrected chi connectivity index (χ0v) is 47.4. The van der Waals surface area contributed by atoms with Crippen LogP contribution in [0.15, 0.2) is 261 Å². The fourth-order valence-electron chi connectivity index (χ4n) is 11.4. The third-order valence-corrected chi connectivity index (χ3v) is 16.7. The van der Waals surface area contributed by atoms with Crippen molar-refractivity contribution in [3.8, 4) is 0 Å². The molecular weight excluding hydrogens is 925 g/mol. The SMILES string of the molecule is Cc1c(C(C)c2ccccc2)cc(C(C)c2ccccc2)cc1C(C)c1ccccc1.Cc1c(C(C)c2ccccc2)cccc1C(C)c1ccccc1.Cc1ccc(C(C)c2ccccc2)cc1C(C)c1ccccc1. The summed E-state index contributed by atoms with van der Waals surface area (Å²) in [5, 5.41) is 0. The largest absolute Gasteiger partial charge is 0.0622 e. The third kappa shape index (κ3) is 13.8. The number of aryl methyl sites for hydroxylation is 1. The summed E-state index contributed by atoms with van der Waals surface area (Å²) in [6, 6.07) is 94.2. The molecule has 10 aromatic rings. The van der Waals surface area contributed by atoms with Crippen LogP contribution in [-0.2, 0) is 0 Å². The molecule has 0 amide bonds. The summed E-state index contributed by atoms with van der Waals surface area (Å²) in [6.45, 7) is 23.0. The maximum atomic E-state index is 2.45. The second-order valence-electron chi connectivity index (χ2n) is 21.4. The van der Waals surface area contributed by atoms with Gasteiger partial charge in [-0.2, -0.15) is 0 Å². The molecule has 0 nitrogen and oxygen atoms in total. The molecule has 7 atom stereocenters. The summed E-state index contributed by atoms with van der Waals surface area (Å²) in [7, 11) is 0. The highest BCUT2D eigenvalue weighted by Gasteiger charge is 2.22. The van der Waals surface area contributed by atoms with E-state index in [0.717, 1.165) is 0 Å². The van der Waals surface area contributed by atoms with Crippen LogP contribution < -0.4 is 0 Å². The fraction of sp³-hybridized carbons (Fsp3) is 0.221. The van der Waals surface area contributed by atoms with E-state index in [0.29, 0.717) is 41.4 Å². The Morgan fingerprint density at radius 1 is 0.182 bits per heavy atom. The Morgan fingerprint density at radius 2 is 0.416 bits per heavy atom. The Hall–Kier alpha value is -7.80. The van der Waals surface area contributed by atoms with Gasteiger partial charge < -0.3 is 0 Å². The van der Waals surface area contributed by atoms with Crippen molar-refractivity contribution in [3.05, 3.63) is 355 Å². The summed E-state index contributed by atoms with van der Waals surface area (Å²) < 4.78 is 0. The third-order valence-electron chi connectivity index (χ3n) is 16.7. The Labute approximate surface area is 463 Å². The van der Waals surface area contributed by atoms with Crippen LogP contribution in [-0.4, -0.2) is 0 Å². The first-order valence-electron chi connectivity index (χ1n) is 28.1. The van der Waals surface area contributed by atoms with Crippen molar-refractivity contribution in [1.82, 2.24) is 0 Å². The Kier molecular flexibility index (Phi) is 19.3. The van der Waals surface area contributed by atoms with E-state index in [1.54, 1.807) is 0 Å². The van der Waals surface area contributed by atoms with E-state index in [-0.39, 0.29) is 0 Å². The molecule has 0 aliphatic carbocycles. The summed E-state index contributed by atoms with van der Waals surface area (Å²) >= 11 is 0. The molecule has 0 fully saturated rings. The van der Waals surface area contributed by atoms with Crippen molar-refractivity contribution in [2.45, 2.75) is 111 Å². The lowest BCUT2D eigenvalue weighted by molar-refractivity contribution is 0.840. The average Bonchev–Trinajstić information content (AvgIpc) is 3.50. The molecule has 0 bridgehead atoms. The molecule has 10 rings (SSSR count). The van der Waals surface area contributed by atoms with Crippen LogP contribution in [0, 0.1) is 20.8 Å². The van der Waals surface area contributed by atoms with E-state index < -0.39 is 0 Å². The van der Waals surface area contributed by atoms with Gasteiger partial charge in [-0.15, -0.1) is 0 Å². The minimum absolute atomic E-state index is 0.352. The van der Waals surface area contributed by atoms with Gasteiger partial charge in [-0.1, -0.05) is 309 Å². The molecule has 77 heavy (non-hydrogen) atoms. The highest BCUT2D eigenvalue weighted by Crippen LogP contribution is 2.39. The van der Waals surface area contributed by atoms with Gasteiger partial charge >= 0.3 is 0 Å². The van der Waals surface area contributed by atoms with Gasteiger partial charge in [0.05, 0.1) is 0 Å². The van der Waals surface area contributed by atoms with Gasteiger partial charge in [0.15, 0.2) is 0 Å². The quantitative estimate of drug-likeness (QED) is 0.102. The van der Waals surface area contributed by atoms with Crippen LogP contribution in [0.3, 0.4) is 0 Å². The average molecular weight is 1010 g/mol. The molecule has 0 spiro atoms. The number of hydrogen-bond acceptors (Lipinski definition) is 0. The first kappa shape index (κ1) is 55.4. The molecular formula is C77H80. The predicted octanol–water partition coefficient (Wildman–Crippen LogP) is 21.0. The lowest BCUT2D eigenvalue weighted by Gasteiger charge is -2.25. The van der Waals surface area contributed by atoms with Crippen LogP contribution in [0.2, 0.25) is 0 Å².